The average Bonchev–Trinajstić information content (AvgIpc) is 2.30. The highest BCUT2D eigenvalue weighted by atomic mass is 32.2. The predicted octanol–water partition coefficient (Wildman–Crippen LogP) is 2.23. The van der Waals surface area contributed by atoms with Crippen molar-refractivity contribution >= 4 is 17.7 Å². The normalized spacial score (nSPS) is 28.2. The number of hydrogen-bond acceptors (Lipinski definition) is 4. The Morgan fingerprint density at radius 3 is 2.68 bits per heavy atom. The van der Waals surface area contributed by atoms with Gasteiger partial charge in [0.2, 0.25) is 0 Å². The lowest BCUT2D eigenvalue weighted by molar-refractivity contribution is -0.142. The molecule has 0 bridgehead atoms. The highest BCUT2D eigenvalue weighted by Crippen LogP contribution is 2.33. The van der Waals surface area contributed by atoms with Crippen LogP contribution >= 0.6 is 11.8 Å². The Hall–Kier alpha value is -0.260. The smallest absolute Gasteiger partial charge is 0.307 e. The van der Waals surface area contributed by atoms with Crippen LogP contribution < -0.4 is 5.32 Å². The van der Waals surface area contributed by atoms with Crippen molar-refractivity contribution in [3.05, 3.63) is 0 Å². The molecule has 0 heterocycles. The second-order valence-corrected chi connectivity index (χ2v) is 6.63. The Bertz CT molecular complexity index is 286. The Labute approximate surface area is 120 Å². The minimum Gasteiger partial charge on any atom is -0.481 e. The van der Waals surface area contributed by atoms with E-state index in [0.717, 1.165) is 19.4 Å². The maximum atomic E-state index is 11.2. The van der Waals surface area contributed by atoms with Crippen LogP contribution in [0.1, 0.15) is 33.6 Å². The molecule has 0 amide bonds. The van der Waals surface area contributed by atoms with Crippen molar-refractivity contribution in [2.45, 2.75) is 51.0 Å². The van der Waals surface area contributed by atoms with Gasteiger partial charge in [-0.3, -0.25) is 4.79 Å². The Balaban J connectivity index is 2.37. The van der Waals surface area contributed by atoms with Gasteiger partial charge >= 0.3 is 5.97 Å². The third kappa shape index (κ3) is 4.97. The van der Waals surface area contributed by atoms with E-state index in [4.69, 9.17) is 4.74 Å². The highest BCUT2D eigenvalue weighted by Gasteiger charge is 2.41. The number of rotatable bonds is 9. The van der Waals surface area contributed by atoms with Crippen molar-refractivity contribution in [3.8, 4) is 0 Å². The summed E-state index contributed by atoms with van der Waals surface area (Å²) in [7, 11) is 0. The molecule has 0 radical (unpaired) electrons. The molecule has 0 aromatic carbocycles. The number of nitrogens with one attached hydrogen (secondary N) is 1. The van der Waals surface area contributed by atoms with E-state index in [2.05, 4.69) is 25.4 Å². The summed E-state index contributed by atoms with van der Waals surface area (Å²) >= 11 is 1.81. The summed E-state index contributed by atoms with van der Waals surface area (Å²) in [6.45, 7) is 7.46. The molecule has 1 fully saturated rings. The van der Waals surface area contributed by atoms with E-state index in [1.165, 1.54) is 0 Å². The monoisotopic (exact) mass is 289 g/mol. The largest absolute Gasteiger partial charge is 0.481 e. The van der Waals surface area contributed by atoms with Crippen molar-refractivity contribution in [2.24, 2.45) is 11.8 Å². The van der Waals surface area contributed by atoms with Gasteiger partial charge in [0.05, 0.1) is 12.0 Å². The summed E-state index contributed by atoms with van der Waals surface area (Å²) in [5, 5.41) is 13.1. The molecule has 19 heavy (non-hydrogen) atoms. The first kappa shape index (κ1) is 16.8. The van der Waals surface area contributed by atoms with Gasteiger partial charge in [0.15, 0.2) is 0 Å². The molecule has 0 aromatic heterocycles. The minimum absolute atomic E-state index is 0.284. The van der Waals surface area contributed by atoms with E-state index in [0.29, 0.717) is 29.9 Å². The van der Waals surface area contributed by atoms with Crippen LogP contribution in [-0.2, 0) is 9.53 Å². The number of thioether (sulfide) groups is 1. The van der Waals surface area contributed by atoms with E-state index in [9.17, 15) is 9.90 Å². The van der Waals surface area contributed by atoms with Crippen molar-refractivity contribution in [1.29, 1.82) is 0 Å². The van der Waals surface area contributed by atoms with Crippen LogP contribution in [-0.4, -0.2) is 47.9 Å². The molecule has 1 aliphatic carbocycles. The van der Waals surface area contributed by atoms with Gasteiger partial charge in [-0.2, -0.15) is 11.8 Å². The van der Waals surface area contributed by atoms with Crippen molar-refractivity contribution in [2.75, 3.05) is 19.4 Å². The summed E-state index contributed by atoms with van der Waals surface area (Å²) in [5.41, 5.74) is 0. The van der Waals surface area contributed by atoms with Gasteiger partial charge in [-0.25, -0.2) is 0 Å². The summed E-state index contributed by atoms with van der Waals surface area (Å²) in [6, 6.07) is 0.389. The van der Waals surface area contributed by atoms with Gasteiger partial charge in [-0.15, -0.1) is 0 Å². The number of aliphatic carboxylic acids is 1. The Morgan fingerprint density at radius 1 is 1.53 bits per heavy atom. The maximum Gasteiger partial charge on any atom is 0.307 e. The first-order valence-corrected chi connectivity index (χ1v) is 8.38. The van der Waals surface area contributed by atoms with Crippen LogP contribution in [0, 0.1) is 11.8 Å². The summed E-state index contributed by atoms with van der Waals surface area (Å²) in [4.78, 5) is 11.2. The zero-order chi connectivity index (χ0) is 14.4. The second-order valence-electron chi connectivity index (χ2n) is 5.61. The second kappa shape index (κ2) is 8.12. The molecule has 1 aliphatic rings. The fourth-order valence-corrected chi connectivity index (χ4v) is 3.64. The Morgan fingerprint density at radius 2 is 2.21 bits per heavy atom. The SMILES string of the molecule is CCOC1CC(NCC(CC(C)C)C(=O)O)C1SC. The van der Waals surface area contributed by atoms with Crippen LogP contribution in [0.4, 0.5) is 0 Å². The van der Waals surface area contributed by atoms with Crippen LogP contribution in [0.2, 0.25) is 0 Å². The van der Waals surface area contributed by atoms with E-state index >= 15 is 0 Å². The summed E-state index contributed by atoms with van der Waals surface area (Å²) in [5.74, 6) is -0.562. The Kier molecular flexibility index (Phi) is 7.18. The molecule has 0 spiro atoms. The number of carboxylic acid groups (broad SMARTS) is 1. The van der Waals surface area contributed by atoms with Gasteiger partial charge < -0.3 is 15.2 Å². The summed E-state index contributed by atoms with van der Waals surface area (Å²) < 4.78 is 5.65. The van der Waals surface area contributed by atoms with E-state index in [1.807, 2.05) is 6.92 Å². The molecular formula is C14H27NO3S. The predicted molar refractivity (Wildman–Crippen MR) is 79.7 cm³/mol. The highest BCUT2D eigenvalue weighted by molar-refractivity contribution is 7.99. The lowest BCUT2D eigenvalue weighted by Gasteiger charge is -2.44. The third-order valence-corrected chi connectivity index (χ3v) is 4.81. The van der Waals surface area contributed by atoms with Gasteiger partial charge in [0.25, 0.3) is 0 Å². The number of carboxylic acids is 1. The molecular weight excluding hydrogens is 262 g/mol. The third-order valence-electron chi connectivity index (χ3n) is 3.63. The number of hydrogen-bond donors (Lipinski definition) is 2. The van der Waals surface area contributed by atoms with Crippen LogP contribution in [0.15, 0.2) is 0 Å². The van der Waals surface area contributed by atoms with Gasteiger partial charge in [0.1, 0.15) is 0 Å². The molecule has 4 unspecified atom stereocenters. The summed E-state index contributed by atoms with van der Waals surface area (Å²) in [6.07, 6.45) is 4.14. The quantitative estimate of drug-likeness (QED) is 0.681. The molecule has 0 saturated heterocycles. The lowest BCUT2D eigenvalue weighted by Crippen LogP contribution is -2.58. The average molecular weight is 289 g/mol. The van der Waals surface area contributed by atoms with Crippen molar-refractivity contribution in [3.63, 3.8) is 0 Å². The molecule has 0 aliphatic heterocycles. The molecule has 112 valence electrons. The van der Waals surface area contributed by atoms with E-state index < -0.39 is 5.97 Å². The van der Waals surface area contributed by atoms with Crippen molar-refractivity contribution in [1.82, 2.24) is 5.32 Å². The van der Waals surface area contributed by atoms with E-state index in [-0.39, 0.29) is 5.92 Å². The molecule has 4 atom stereocenters. The van der Waals surface area contributed by atoms with Crippen molar-refractivity contribution < 1.29 is 14.6 Å². The van der Waals surface area contributed by atoms with Crippen LogP contribution in [0.3, 0.4) is 0 Å². The fraction of sp³-hybridized carbons (Fsp3) is 0.929. The molecule has 2 N–H and O–H groups in total. The van der Waals surface area contributed by atoms with Crippen LogP contribution in [0.25, 0.3) is 0 Å². The topological polar surface area (TPSA) is 58.6 Å². The number of carbonyl (C=O) groups is 1. The molecule has 5 heteroatoms. The minimum atomic E-state index is -0.692. The lowest BCUT2D eigenvalue weighted by atomic mass is 9.87. The number of ether oxygens (including phenoxy) is 1. The van der Waals surface area contributed by atoms with Gasteiger partial charge in [0, 0.05) is 24.4 Å². The van der Waals surface area contributed by atoms with Gasteiger partial charge in [-0.1, -0.05) is 13.8 Å². The first-order valence-electron chi connectivity index (χ1n) is 7.10. The fourth-order valence-electron chi connectivity index (χ4n) is 2.61. The zero-order valence-electron chi connectivity index (χ0n) is 12.4. The van der Waals surface area contributed by atoms with Gasteiger partial charge in [-0.05, 0) is 31.9 Å². The zero-order valence-corrected chi connectivity index (χ0v) is 13.2. The standard InChI is InChI=1S/C14H27NO3S/c1-5-18-12-7-11(13(12)19-4)15-8-10(14(16)17)6-9(2)3/h9-13,15H,5-8H2,1-4H3,(H,16,17). The first-order chi connectivity index (χ1) is 8.99. The van der Waals surface area contributed by atoms with Crippen LogP contribution in [0.5, 0.6) is 0 Å². The molecule has 4 nitrogen and oxygen atoms in total. The molecule has 1 saturated carbocycles. The van der Waals surface area contributed by atoms with E-state index in [1.54, 1.807) is 11.8 Å². The maximum absolute atomic E-state index is 11.2. The molecule has 0 aromatic rings. The molecule has 1 rings (SSSR count).